The van der Waals surface area contributed by atoms with Crippen molar-refractivity contribution in [2.45, 2.75) is 25.6 Å². The summed E-state index contributed by atoms with van der Waals surface area (Å²) in [5, 5.41) is 30.7. The molecular weight excluding hydrogens is 271 g/mol. The largest absolute Gasteiger partial charge is 0.478 e. The minimum Gasteiger partial charge on any atom is -0.478 e. The predicted molar refractivity (Wildman–Crippen MR) is 65.4 cm³/mol. The molecule has 1 amide bonds. The molecule has 4 N–H and O–H groups in total. The molecule has 0 aliphatic carbocycles. The molecule has 2 unspecified atom stereocenters. The normalized spacial score (nSPS) is 13.6. The Bertz CT molecular complexity index is 509. The zero-order chi connectivity index (χ0) is 15.3. The number of nitrogens with zero attached hydrogens (tertiary/aromatic N) is 1. The van der Waals surface area contributed by atoms with Crippen LogP contribution in [-0.2, 0) is 4.79 Å². The number of rotatable bonds is 6. The third-order valence-electron chi connectivity index (χ3n) is 2.59. The summed E-state index contributed by atoms with van der Waals surface area (Å²) in [5.74, 6) is -2.80. The maximum absolute atomic E-state index is 13.1. The van der Waals surface area contributed by atoms with Gasteiger partial charge in [-0.3, -0.25) is 9.78 Å². The molecule has 0 saturated carbocycles. The first-order valence-corrected chi connectivity index (χ1v) is 5.82. The lowest BCUT2D eigenvalue weighted by atomic mass is 10.1. The summed E-state index contributed by atoms with van der Waals surface area (Å²) < 4.78 is 13.1. The third kappa shape index (κ3) is 4.25. The maximum Gasteiger partial charge on any atom is 0.338 e. The first-order valence-electron chi connectivity index (χ1n) is 5.82. The summed E-state index contributed by atoms with van der Waals surface area (Å²) in [6, 6.07) is 0.865. The lowest BCUT2D eigenvalue weighted by Gasteiger charge is -2.17. The van der Waals surface area contributed by atoms with Gasteiger partial charge in [-0.2, -0.15) is 0 Å². The summed E-state index contributed by atoms with van der Waals surface area (Å²) in [4.78, 5) is 25.0. The molecular formula is C12H15FN2O5. The highest BCUT2D eigenvalue weighted by atomic mass is 19.1. The van der Waals surface area contributed by atoms with Crippen LogP contribution in [0.3, 0.4) is 0 Å². The fraction of sp³-hybridized carbons (Fsp3) is 0.417. The van der Waals surface area contributed by atoms with E-state index >= 15 is 0 Å². The van der Waals surface area contributed by atoms with Gasteiger partial charge in [-0.15, -0.1) is 0 Å². The predicted octanol–water partition coefficient (Wildman–Crippen LogP) is -0.161. The van der Waals surface area contributed by atoms with Crippen LogP contribution in [0.4, 0.5) is 4.39 Å². The number of carboxylic acids is 1. The third-order valence-corrected chi connectivity index (χ3v) is 2.59. The van der Waals surface area contributed by atoms with Gasteiger partial charge in [0.25, 0.3) is 0 Å². The zero-order valence-electron chi connectivity index (χ0n) is 10.7. The molecule has 0 aliphatic rings. The van der Waals surface area contributed by atoms with Gasteiger partial charge >= 0.3 is 5.97 Å². The van der Waals surface area contributed by atoms with E-state index in [0.29, 0.717) is 6.20 Å². The van der Waals surface area contributed by atoms with Gasteiger partial charge in [0, 0.05) is 13.5 Å². The number of carbonyl (C=O) groups excluding carboxylic acids is 1. The molecule has 110 valence electrons. The van der Waals surface area contributed by atoms with Crippen LogP contribution in [0, 0.1) is 5.82 Å². The molecule has 1 heterocycles. The summed E-state index contributed by atoms with van der Waals surface area (Å²) in [7, 11) is 0. The lowest BCUT2D eigenvalue weighted by molar-refractivity contribution is -0.119. The average molecular weight is 286 g/mol. The van der Waals surface area contributed by atoms with E-state index in [9.17, 15) is 24.2 Å². The van der Waals surface area contributed by atoms with Crippen LogP contribution >= 0.6 is 0 Å². The molecule has 1 rings (SSSR count). The van der Waals surface area contributed by atoms with Crippen LogP contribution in [0.15, 0.2) is 12.3 Å². The number of hydrogen-bond acceptors (Lipinski definition) is 5. The van der Waals surface area contributed by atoms with Gasteiger partial charge in [0.15, 0.2) is 5.82 Å². The fourth-order valence-corrected chi connectivity index (χ4v) is 1.53. The Morgan fingerprint density at radius 2 is 2.10 bits per heavy atom. The van der Waals surface area contributed by atoms with Crippen LogP contribution in [0.1, 0.15) is 35.5 Å². The van der Waals surface area contributed by atoms with Crippen molar-refractivity contribution < 1.29 is 29.3 Å². The summed E-state index contributed by atoms with van der Waals surface area (Å²) in [6.07, 6.45) is -2.02. The van der Waals surface area contributed by atoms with Crippen LogP contribution in [0.5, 0.6) is 0 Å². The van der Waals surface area contributed by atoms with Crippen molar-refractivity contribution >= 4 is 11.9 Å². The van der Waals surface area contributed by atoms with Gasteiger partial charge in [0.1, 0.15) is 6.10 Å². The molecule has 0 aliphatic heterocycles. The Balaban J connectivity index is 2.76. The Morgan fingerprint density at radius 3 is 2.65 bits per heavy atom. The molecule has 20 heavy (non-hydrogen) atoms. The van der Waals surface area contributed by atoms with E-state index < -0.39 is 29.6 Å². The first kappa shape index (κ1) is 16.0. The highest BCUT2D eigenvalue weighted by molar-refractivity contribution is 5.87. The van der Waals surface area contributed by atoms with E-state index in [4.69, 9.17) is 5.11 Å². The number of hydrogen-bond donors (Lipinski definition) is 4. The number of amides is 1. The molecule has 0 fully saturated rings. The number of aromatic carboxylic acids is 1. The Morgan fingerprint density at radius 1 is 1.45 bits per heavy atom. The van der Waals surface area contributed by atoms with E-state index in [1.807, 2.05) is 0 Å². The smallest absolute Gasteiger partial charge is 0.338 e. The van der Waals surface area contributed by atoms with Gasteiger partial charge in [0.2, 0.25) is 5.91 Å². The molecule has 0 saturated heterocycles. The number of carboxylic acid groups (broad SMARTS) is 1. The molecule has 2 atom stereocenters. The van der Waals surface area contributed by atoms with Crippen molar-refractivity contribution in [2.75, 3.05) is 6.54 Å². The van der Waals surface area contributed by atoms with Crippen molar-refractivity contribution in [2.24, 2.45) is 0 Å². The molecule has 8 heteroatoms. The Hall–Kier alpha value is -2.06. The van der Waals surface area contributed by atoms with E-state index in [2.05, 4.69) is 10.3 Å². The Kier molecular flexibility index (Phi) is 5.53. The highest BCUT2D eigenvalue weighted by Crippen LogP contribution is 2.19. The fourth-order valence-electron chi connectivity index (χ4n) is 1.53. The lowest BCUT2D eigenvalue weighted by Crippen LogP contribution is -2.28. The van der Waals surface area contributed by atoms with Crippen molar-refractivity contribution in [3.63, 3.8) is 0 Å². The SMILES string of the molecule is CC(=O)NCCC(O)C(O)c1cc(C(=O)O)c(F)cn1. The van der Waals surface area contributed by atoms with Crippen LogP contribution < -0.4 is 5.32 Å². The summed E-state index contributed by atoms with van der Waals surface area (Å²) in [5.41, 5.74) is -0.790. The van der Waals surface area contributed by atoms with Gasteiger partial charge in [-0.1, -0.05) is 0 Å². The number of nitrogens with one attached hydrogen (secondary N) is 1. The van der Waals surface area contributed by atoms with Gasteiger partial charge in [0.05, 0.1) is 23.6 Å². The van der Waals surface area contributed by atoms with Gasteiger partial charge in [-0.05, 0) is 12.5 Å². The molecule has 0 bridgehead atoms. The Labute approximate surface area is 114 Å². The van der Waals surface area contributed by atoms with Crippen molar-refractivity contribution in [3.8, 4) is 0 Å². The molecule has 1 aromatic rings. The van der Waals surface area contributed by atoms with E-state index in [1.54, 1.807) is 0 Å². The number of pyridine rings is 1. The molecule has 0 spiro atoms. The average Bonchev–Trinajstić information content (AvgIpc) is 2.37. The molecule has 0 aromatic carbocycles. The topological polar surface area (TPSA) is 120 Å². The van der Waals surface area contributed by atoms with Crippen LogP contribution in [0.2, 0.25) is 0 Å². The van der Waals surface area contributed by atoms with Gasteiger partial charge < -0.3 is 20.6 Å². The second kappa shape index (κ2) is 6.92. The van der Waals surface area contributed by atoms with E-state index in [1.165, 1.54) is 6.92 Å². The maximum atomic E-state index is 13.1. The van der Waals surface area contributed by atoms with Crippen LogP contribution in [0.25, 0.3) is 0 Å². The molecule has 1 aromatic heterocycles. The summed E-state index contributed by atoms with van der Waals surface area (Å²) in [6.45, 7) is 1.45. The number of aliphatic hydroxyl groups excluding tert-OH is 2. The number of aromatic nitrogens is 1. The van der Waals surface area contributed by atoms with Crippen molar-refractivity contribution in [1.29, 1.82) is 0 Å². The van der Waals surface area contributed by atoms with E-state index in [-0.39, 0.29) is 24.6 Å². The minimum atomic E-state index is -1.49. The van der Waals surface area contributed by atoms with Crippen molar-refractivity contribution in [1.82, 2.24) is 10.3 Å². The molecule has 0 radical (unpaired) electrons. The second-order valence-corrected chi connectivity index (χ2v) is 4.18. The zero-order valence-corrected chi connectivity index (χ0v) is 10.7. The first-order chi connectivity index (χ1) is 9.32. The van der Waals surface area contributed by atoms with E-state index in [0.717, 1.165) is 6.07 Å². The monoisotopic (exact) mass is 286 g/mol. The minimum absolute atomic E-state index is 0.0439. The summed E-state index contributed by atoms with van der Waals surface area (Å²) >= 11 is 0. The van der Waals surface area contributed by atoms with Crippen molar-refractivity contribution in [3.05, 3.63) is 29.3 Å². The standard InChI is InChI=1S/C12H15FN2O5/c1-6(16)14-3-2-10(17)11(18)9-4-7(12(19)20)8(13)5-15-9/h4-5,10-11,17-18H,2-3H2,1H3,(H,14,16)(H,19,20). The second-order valence-electron chi connectivity index (χ2n) is 4.18. The molecule has 7 nitrogen and oxygen atoms in total. The highest BCUT2D eigenvalue weighted by Gasteiger charge is 2.22. The van der Waals surface area contributed by atoms with Crippen LogP contribution in [-0.4, -0.2) is 44.8 Å². The number of halogens is 1. The number of carbonyl (C=O) groups is 2. The van der Waals surface area contributed by atoms with Gasteiger partial charge in [-0.25, -0.2) is 9.18 Å². The quantitative estimate of drug-likeness (QED) is 0.577. The number of aliphatic hydroxyl groups is 2.